The maximum atomic E-state index is 13.6. The molecule has 2 aromatic carbocycles. The van der Waals surface area contributed by atoms with Gasteiger partial charge >= 0.3 is 0 Å². The SMILES string of the molecule is Cc1ccc(CN(C(=O)CN(c2ccc(C(C)C)cc2)S(C)(=O)=O)[C@H](C)C(=O)NC2CCCC2)cc1. The van der Waals surface area contributed by atoms with Gasteiger partial charge in [-0.25, -0.2) is 8.42 Å². The summed E-state index contributed by atoms with van der Waals surface area (Å²) in [6.07, 6.45) is 5.16. The second kappa shape index (κ2) is 11.9. The average molecular weight is 514 g/mol. The van der Waals surface area contributed by atoms with Gasteiger partial charge in [-0.15, -0.1) is 0 Å². The van der Waals surface area contributed by atoms with Crippen molar-refractivity contribution in [3.63, 3.8) is 0 Å². The fourth-order valence-electron chi connectivity index (χ4n) is 4.50. The topological polar surface area (TPSA) is 86.8 Å². The zero-order valence-corrected chi connectivity index (χ0v) is 22.8. The van der Waals surface area contributed by atoms with Gasteiger partial charge in [0.25, 0.3) is 0 Å². The molecule has 0 aromatic heterocycles. The summed E-state index contributed by atoms with van der Waals surface area (Å²) < 4.78 is 26.5. The summed E-state index contributed by atoms with van der Waals surface area (Å²) in [6, 6.07) is 14.4. The number of amides is 2. The summed E-state index contributed by atoms with van der Waals surface area (Å²) in [5.74, 6) is -0.339. The van der Waals surface area contributed by atoms with Crippen molar-refractivity contribution < 1.29 is 18.0 Å². The van der Waals surface area contributed by atoms with Crippen LogP contribution in [0.4, 0.5) is 5.69 Å². The van der Waals surface area contributed by atoms with Crippen LogP contribution in [0.5, 0.6) is 0 Å². The minimum atomic E-state index is -3.74. The Bertz CT molecular complexity index is 1140. The molecule has 0 radical (unpaired) electrons. The van der Waals surface area contributed by atoms with E-state index in [4.69, 9.17) is 0 Å². The number of nitrogens with zero attached hydrogens (tertiary/aromatic N) is 2. The molecule has 1 N–H and O–H groups in total. The Morgan fingerprint density at radius 2 is 1.56 bits per heavy atom. The molecule has 2 aromatic rings. The van der Waals surface area contributed by atoms with Gasteiger partial charge < -0.3 is 10.2 Å². The number of aryl methyl sites for hydroxylation is 1. The highest BCUT2D eigenvalue weighted by molar-refractivity contribution is 7.92. The summed E-state index contributed by atoms with van der Waals surface area (Å²) in [7, 11) is -3.74. The molecule has 7 nitrogen and oxygen atoms in total. The molecule has 1 aliphatic rings. The van der Waals surface area contributed by atoms with Gasteiger partial charge in [0.1, 0.15) is 12.6 Å². The van der Waals surface area contributed by atoms with Gasteiger partial charge in [-0.3, -0.25) is 13.9 Å². The third kappa shape index (κ3) is 7.32. The van der Waals surface area contributed by atoms with Crippen molar-refractivity contribution in [1.82, 2.24) is 10.2 Å². The van der Waals surface area contributed by atoms with E-state index in [1.54, 1.807) is 19.1 Å². The lowest BCUT2D eigenvalue weighted by atomic mass is 10.0. The van der Waals surface area contributed by atoms with Crippen LogP contribution < -0.4 is 9.62 Å². The number of hydrogen-bond donors (Lipinski definition) is 1. The quantitative estimate of drug-likeness (QED) is 0.511. The van der Waals surface area contributed by atoms with Crippen LogP contribution in [0.25, 0.3) is 0 Å². The molecule has 1 aliphatic carbocycles. The van der Waals surface area contributed by atoms with Gasteiger partial charge in [0.2, 0.25) is 21.8 Å². The maximum Gasteiger partial charge on any atom is 0.244 e. The molecule has 0 saturated heterocycles. The lowest BCUT2D eigenvalue weighted by Crippen LogP contribution is -2.52. The normalized spacial score (nSPS) is 15.1. The Morgan fingerprint density at radius 3 is 2.08 bits per heavy atom. The Hall–Kier alpha value is -2.87. The number of sulfonamides is 1. The number of rotatable bonds is 10. The molecule has 0 aliphatic heterocycles. The fraction of sp³-hybridized carbons (Fsp3) is 0.500. The summed E-state index contributed by atoms with van der Waals surface area (Å²) in [6.45, 7) is 7.65. The lowest BCUT2D eigenvalue weighted by molar-refractivity contribution is -0.139. The molecular weight excluding hydrogens is 474 g/mol. The predicted octanol–water partition coefficient (Wildman–Crippen LogP) is 4.36. The van der Waals surface area contributed by atoms with Crippen LogP contribution >= 0.6 is 0 Å². The lowest BCUT2D eigenvalue weighted by Gasteiger charge is -2.32. The maximum absolute atomic E-state index is 13.6. The highest BCUT2D eigenvalue weighted by atomic mass is 32.2. The first-order valence-electron chi connectivity index (χ1n) is 12.7. The van der Waals surface area contributed by atoms with E-state index in [1.807, 2.05) is 43.3 Å². The summed E-state index contributed by atoms with van der Waals surface area (Å²) in [5, 5.41) is 3.08. The molecule has 0 bridgehead atoms. The molecule has 3 rings (SSSR count). The number of carbonyl (C=O) groups is 2. The van der Waals surface area contributed by atoms with E-state index in [-0.39, 0.29) is 25.0 Å². The van der Waals surface area contributed by atoms with E-state index in [0.29, 0.717) is 11.6 Å². The number of hydrogen-bond acceptors (Lipinski definition) is 4. The number of carbonyl (C=O) groups excluding carboxylic acids is 2. The van der Waals surface area contributed by atoms with Crippen LogP contribution in [0.1, 0.15) is 69.1 Å². The van der Waals surface area contributed by atoms with E-state index >= 15 is 0 Å². The van der Waals surface area contributed by atoms with Crippen molar-refractivity contribution in [3.8, 4) is 0 Å². The van der Waals surface area contributed by atoms with E-state index in [2.05, 4.69) is 19.2 Å². The van der Waals surface area contributed by atoms with Crippen molar-refractivity contribution in [1.29, 1.82) is 0 Å². The van der Waals surface area contributed by atoms with Gasteiger partial charge in [-0.1, -0.05) is 68.7 Å². The van der Waals surface area contributed by atoms with Crippen LogP contribution in [0.15, 0.2) is 48.5 Å². The number of nitrogens with one attached hydrogen (secondary N) is 1. The van der Waals surface area contributed by atoms with Crippen molar-refractivity contribution in [2.24, 2.45) is 0 Å². The second-order valence-corrected chi connectivity index (χ2v) is 12.1. The molecule has 0 heterocycles. The van der Waals surface area contributed by atoms with Crippen molar-refractivity contribution in [3.05, 3.63) is 65.2 Å². The van der Waals surface area contributed by atoms with Gasteiger partial charge in [0, 0.05) is 12.6 Å². The van der Waals surface area contributed by atoms with E-state index in [1.165, 1.54) is 4.90 Å². The zero-order valence-electron chi connectivity index (χ0n) is 22.0. The minimum Gasteiger partial charge on any atom is -0.352 e. The highest BCUT2D eigenvalue weighted by Crippen LogP contribution is 2.23. The standard InChI is InChI=1S/C28H39N3O4S/c1-20(2)24-14-16-26(17-15-24)31(36(5,34)35)19-27(32)30(18-23-12-10-21(3)11-13-23)22(4)28(33)29-25-8-6-7-9-25/h10-17,20,22,25H,6-9,18-19H2,1-5H3,(H,29,33)/t22-/m1/s1. The van der Waals surface area contributed by atoms with Gasteiger partial charge in [-0.05, 0) is 55.9 Å². The Kier molecular flexibility index (Phi) is 9.17. The molecule has 8 heteroatoms. The number of anilines is 1. The van der Waals surface area contributed by atoms with Gasteiger partial charge in [0.15, 0.2) is 0 Å². The Balaban J connectivity index is 1.86. The predicted molar refractivity (Wildman–Crippen MR) is 144 cm³/mol. The molecule has 0 unspecified atom stereocenters. The molecule has 0 spiro atoms. The molecule has 196 valence electrons. The van der Waals surface area contributed by atoms with E-state index in [0.717, 1.165) is 52.9 Å². The van der Waals surface area contributed by atoms with Gasteiger partial charge in [0.05, 0.1) is 11.9 Å². The highest BCUT2D eigenvalue weighted by Gasteiger charge is 2.31. The molecule has 36 heavy (non-hydrogen) atoms. The third-order valence-electron chi connectivity index (χ3n) is 6.87. The van der Waals surface area contributed by atoms with Crippen LogP contribution in [0.2, 0.25) is 0 Å². The fourth-order valence-corrected chi connectivity index (χ4v) is 5.35. The summed E-state index contributed by atoms with van der Waals surface area (Å²) in [4.78, 5) is 28.2. The second-order valence-electron chi connectivity index (χ2n) is 10.2. The monoisotopic (exact) mass is 513 g/mol. The van der Waals surface area contributed by atoms with Crippen LogP contribution in [0, 0.1) is 6.92 Å². The largest absolute Gasteiger partial charge is 0.352 e. The third-order valence-corrected chi connectivity index (χ3v) is 8.01. The van der Waals surface area contributed by atoms with Crippen LogP contribution in [-0.4, -0.2) is 50.0 Å². The van der Waals surface area contributed by atoms with Gasteiger partial charge in [-0.2, -0.15) is 0 Å². The first kappa shape index (κ1) is 27.7. The molecule has 2 amide bonds. The summed E-state index contributed by atoms with van der Waals surface area (Å²) in [5.41, 5.74) is 3.48. The molecule has 1 saturated carbocycles. The first-order valence-corrected chi connectivity index (χ1v) is 14.5. The Morgan fingerprint density at radius 1 is 0.972 bits per heavy atom. The zero-order chi connectivity index (χ0) is 26.5. The summed E-state index contributed by atoms with van der Waals surface area (Å²) >= 11 is 0. The van der Waals surface area contributed by atoms with E-state index < -0.39 is 22.0 Å². The van der Waals surface area contributed by atoms with E-state index in [9.17, 15) is 18.0 Å². The average Bonchev–Trinajstić information content (AvgIpc) is 3.34. The van der Waals surface area contributed by atoms with Crippen molar-refractivity contribution in [2.75, 3.05) is 17.1 Å². The molecule has 1 atom stereocenters. The Labute approximate surface area is 215 Å². The minimum absolute atomic E-state index is 0.128. The van der Waals surface area contributed by atoms with Crippen LogP contribution in [-0.2, 0) is 26.2 Å². The van der Waals surface area contributed by atoms with Crippen LogP contribution in [0.3, 0.4) is 0 Å². The number of benzene rings is 2. The van der Waals surface area contributed by atoms with Crippen molar-refractivity contribution in [2.45, 2.75) is 77.9 Å². The van der Waals surface area contributed by atoms with Crippen molar-refractivity contribution >= 4 is 27.5 Å². The molecule has 1 fully saturated rings. The smallest absolute Gasteiger partial charge is 0.244 e. The molecular formula is C28H39N3O4S. The first-order chi connectivity index (χ1) is 17.0.